The molecule has 0 saturated heterocycles. The maximum Gasteiger partial charge on any atom is 0.491 e. The van der Waals surface area contributed by atoms with E-state index in [2.05, 4.69) is 20.0 Å². The Morgan fingerprint density at radius 2 is 0.806 bits per heavy atom. The van der Waals surface area contributed by atoms with Crippen LogP contribution in [0.2, 0.25) is 45.3 Å². The number of hydrogen-bond donors (Lipinski definition) is 0. The first-order chi connectivity index (χ1) is 16.8. The van der Waals surface area contributed by atoms with Gasteiger partial charge in [-0.1, -0.05) is 103 Å². The standard InChI is InChI=1S/C26H61ClO5Si4/c1-10-11-12-13-14-15-16-17-18-19-20-21-22-23-24-25-26-36(28-2,29-3)32-35(8,9)31-34(6,7)30-33(4,5)27/h10-26H2,1-9H3. The smallest absolute Gasteiger partial charge is 0.425 e. The Bertz CT molecular complexity index is 529. The molecule has 0 bridgehead atoms. The zero-order chi connectivity index (χ0) is 27.6. The van der Waals surface area contributed by atoms with Gasteiger partial charge >= 0.3 is 25.9 Å². The summed E-state index contributed by atoms with van der Waals surface area (Å²) in [5.74, 6) is 0. The minimum Gasteiger partial charge on any atom is -0.425 e. The van der Waals surface area contributed by atoms with E-state index in [1.807, 2.05) is 26.2 Å². The van der Waals surface area contributed by atoms with Crippen LogP contribution in [-0.4, -0.2) is 47.8 Å². The van der Waals surface area contributed by atoms with Crippen molar-refractivity contribution in [2.45, 2.75) is 155 Å². The van der Waals surface area contributed by atoms with Crippen LogP contribution in [0.3, 0.4) is 0 Å². The molecule has 0 atom stereocenters. The molecule has 0 fully saturated rings. The molecule has 0 rings (SSSR count). The molecule has 36 heavy (non-hydrogen) atoms. The molecule has 0 aromatic rings. The van der Waals surface area contributed by atoms with Crippen molar-refractivity contribution in [3.63, 3.8) is 0 Å². The normalized spacial score (nSPS) is 13.5. The van der Waals surface area contributed by atoms with Crippen LogP contribution in [0.1, 0.15) is 110 Å². The Kier molecular flexibility index (Phi) is 20.5. The molecule has 0 unspecified atom stereocenters. The first-order valence-corrected chi connectivity index (χ1v) is 26.2. The van der Waals surface area contributed by atoms with E-state index in [-0.39, 0.29) is 0 Å². The molecule has 0 radical (unpaired) electrons. The van der Waals surface area contributed by atoms with Crippen molar-refractivity contribution >= 4 is 44.6 Å². The highest BCUT2D eigenvalue weighted by Crippen LogP contribution is 2.28. The quantitative estimate of drug-likeness (QED) is 0.0592. The Balaban J connectivity index is 4.07. The second kappa shape index (κ2) is 19.9. The van der Waals surface area contributed by atoms with Gasteiger partial charge < -0.3 is 21.2 Å². The van der Waals surface area contributed by atoms with Gasteiger partial charge in [0.1, 0.15) is 0 Å². The van der Waals surface area contributed by atoms with Crippen molar-refractivity contribution in [1.82, 2.24) is 0 Å². The molecule has 0 spiro atoms. The monoisotopic (exact) mass is 600 g/mol. The maximum absolute atomic E-state index is 6.54. The lowest BCUT2D eigenvalue weighted by molar-refractivity contribution is 0.142. The maximum atomic E-state index is 6.54. The minimum absolute atomic E-state index is 0.830. The van der Waals surface area contributed by atoms with E-state index in [1.54, 1.807) is 14.2 Å². The zero-order valence-electron chi connectivity index (χ0n) is 25.4. The zero-order valence-corrected chi connectivity index (χ0v) is 30.2. The molecule has 0 aliphatic carbocycles. The highest BCUT2D eigenvalue weighted by molar-refractivity contribution is 7.17. The average molecular weight is 602 g/mol. The lowest BCUT2D eigenvalue weighted by Gasteiger charge is -2.39. The first kappa shape index (κ1) is 37.0. The predicted molar refractivity (Wildman–Crippen MR) is 166 cm³/mol. The Hall–Kier alpha value is 0.958. The second-order valence-electron chi connectivity index (χ2n) is 11.6. The Morgan fingerprint density at radius 3 is 1.14 bits per heavy atom. The molecule has 0 aromatic carbocycles. The predicted octanol–water partition coefficient (Wildman–Crippen LogP) is 9.87. The van der Waals surface area contributed by atoms with Crippen LogP contribution in [0.15, 0.2) is 0 Å². The van der Waals surface area contributed by atoms with Crippen molar-refractivity contribution in [2.24, 2.45) is 0 Å². The Morgan fingerprint density at radius 1 is 0.472 bits per heavy atom. The van der Waals surface area contributed by atoms with Gasteiger partial charge in [-0.3, -0.25) is 0 Å². The summed E-state index contributed by atoms with van der Waals surface area (Å²) in [4.78, 5) is 0. The van der Waals surface area contributed by atoms with E-state index < -0.39 is 33.6 Å². The van der Waals surface area contributed by atoms with Crippen LogP contribution >= 0.6 is 11.1 Å². The fourth-order valence-electron chi connectivity index (χ4n) is 4.90. The van der Waals surface area contributed by atoms with Gasteiger partial charge in [-0.25, -0.2) is 0 Å². The van der Waals surface area contributed by atoms with Crippen LogP contribution in [-0.2, 0) is 21.2 Å². The van der Waals surface area contributed by atoms with Crippen molar-refractivity contribution in [3.8, 4) is 0 Å². The van der Waals surface area contributed by atoms with Crippen LogP contribution in [0.25, 0.3) is 0 Å². The molecule has 0 aliphatic rings. The van der Waals surface area contributed by atoms with Crippen LogP contribution in [0.5, 0.6) is 0 Å². The fraction of sp³-hybridized carbons (Fsp3) is 1.00. The number of halogens is 1. The van der Waals surface area contributed by atoms with Gasteiger partial charge in [0.15, 0.2) is 0 Å². The van der Waals surface area contributed by atoms with E-state index >= 15 is 0 Å². The van der Waals surface area contributed by atoms with Gasteiger partial charge in [0, 0.05) is 20.3 Å². The molecule has 5 nitrogen and oxygen atoms in total. The van der Waals surface area contributed by atoms with Gasteiger partial charge in [0.2, 0.25) is 0 Å². The van der Waals surface area contributed by atoms with E-state index in [1.165, 1.54) is 96.3 Å². The highest BCUT2D eigenvalue weighted by Gasteiger charge is 2.48. The Labute approximate surface area is 234 Å². The lowest BCUT2D eigenvalue weighted by atomic mass is 10.0. The van der Waals surface area contributed by atoms with E-state index in [9.17, 15) is 0 Å². The SMILES string of the molecule is CCCCCCCCCCCCCCCCCC[Si](OC)(OC)O[Si](C)(C)O[Si](C)(C)O[Si](C)(C)Cl. The van der Waals surface area contributed by atoms with Gasteiger partial charge in [-0.15, -0.1) is 11.1 Å². The van der Waals surface area contributed by atoms with E-state index in [0.717, 1.165) is 12.5 Å². The summed E-state index contributed by atoms with van der Waals surface area (Å²) in [5, 5.41) is 0. The molecule has 0 saturated carbocycles. The van der Waals surface area contributed by atoms with Gasteiger partial charge in [0.05, 0.1) is 0 Å². The summed E-state index contributed by atoms with van der Waals surface area (Å²) >= 11 is 6.42. The largest absolute Gasteiger partial charge is 0.491 e. The third kappa shape index (κ3) is 20.9. The van der Waals surface area contributed by atoms with E-state index in [0.29, 0.717) is 0 Å². The summed E-state index contributed by atoms with van der Waals surface area (Å²) in [7, 11) is -6.46. The lowest BCUT2D eigenvalue weighted by Crippen LogP contribution is -2.58. The molecular formula is C26H61ClO5Si4. The van der Waals surface area contributed by atoms with Gasteiger partial charge in [0.25, 0.3) is 7.63 Å². The van der Waals surface area contributed by atoms with Crippen molar-refractivity contribution in [2.75, 3.05) is 14.2 Å². The third-order valence-electron chi connectivity index (χ3n) is 6.34. The van der Waals surface area contributed by atoms with Crippen LogP contribution in [0.4, 0.5) is 0 Å². The molecule has 0 heterocycles. The van der Waals surface area contributed by atoms with E-state index in [4.69, 9.17) is 32.3 Å². The average Bonchev–Trinajstić information content (AvgIpc) is 2.75. The topological polar surface area (TPSA) is 46.2 Å². The fourth-order valence-corrected chi connectivity index (χ4v) is 22.4. The number of rotatable bonds is 25. The summed E-state index contributed by atoms with van der Waals surface area (Å²) in [6.45, 7) is 14.4. The van der Waals surface area contributed by atoms with Crippen molar-refractivity contribution in [1.29, 1.82) is 0 Å². The molecular weight excluding hydrogens is 540 g/mol. The molecule has 10 heteroatoms. The number of hydrogen-bond acceptors (Lipinski definition) is 5. The molecule has 0 aliphatic heterocycles. The molecule has 0 N–H and O–H groups in total. The summed E-state index contributed by atoms with van der Waals surface area (Å²) in [5.41, 5.74) is 0. The summed E-state index contributed by atoms with van der Waals surface area (Å²) in [6.07, 6.45) is 21.8. The van der Waals surface area contributed by atoms with Crippen molar-refractivity contribution < 1.29 is 21.2 Å². The summed E-state index contributed by atoms with van der Waals surface area (Å²) < 4.78 is 30.9. The molecule has 218 valence electrons. The van der Waals surface area contributed by atoms with Crippen LogP contribution < -0.4 is 0 Å². The molecule has 0 aromatic heterocycles. The van der Waals surface area contributed by atoms with Gasteiger partial charge in [-0.2, -0.15) is 0 Å². The number of unbranched alkanes of at least 4 members (excludes halogenated alkanes) is 15. The third-order valence-corrected chi connectivity index (χ3v) is 20.3. The minimum atomic E-state index is -2.76. The highest BCUT2D eigenvalue weighted by atomic mass is 35.6. The molecule has 0 amide bonds. The van der Waals surface area contributed by atoms with Crippen LogP contribution in [0, 0.1) is 0 Å². The second-order valence-corrected chi connectivity index (χ2v) is 27.8. The van der Waals surface area contributed by atoms with Crippen molar-refractivity contribution in [3.05, 3.63) is 0 Å². The summed E-state index contributed by atoms with van der Waals surface area (Å²) in [6, 6.07) is 0.830. The van der Waals surface area contributed by atoms with Gasteiger partial charge in [-0.05, 0) is 45.7 Å². The first-order valence-electron chi connectivity index (χ1n) is 14.7.